The molecule has 0 spiro atoms. The smallest absolute Gasteiger partial charge is 0.0951 e. The Labute approximate surface area is 112 Å². The highest BCUT2D eigenvalue weighted by atomic mass is 79.9. The number of fused-ring (bicyclic) bond motifs is 1. The molecule has 3 heteroatoms. The SMILES string of the molecule is BrCC1(Cn2cnc3c2CCCC3)CCCC1. The van der Waals surface area contributed by atoms with Crippen LogP contribution in [0.3, 0.4) is 0 Å². The second-order valence-electron chi connectivity index (χ2n) is 5.81. The van der Waals surface area contributed by atoms with Gasteiger partial charge >= 0.3 is 0 Å². The van der Waals surface area contributed by atoms with E-state index in [0.29, 0.717) is 5.41 Å². The van der Waals surface area contributed by atoms with E-state index < -0.39 is 0 Å². The maximum absolute atomic E-state index is 4.61. The Balaban J connectivity index is 1.82. The van der Waals surface area contributed by atoms with Crippen molar-refractivity contribution < 1.29 is 0 Å². The first kappa shape index (κ1) is 11.8. The van der Waals surface area contributed by atoms with Crippen LogP contribution in [0.4, 0.5) is 0 Å². The zero-order valence-electron chi connectivity index (χ0n) is 10.4. The van der Waals surface area contributed by atoms with Crippen molar-refractivity contribution in [2.24, 2.45) is 5.41 Å². The fourth-order valence-corrected chi connectivity index (χ4v) is 4.23. The van der Waals surface area contributed by atoms with Gasteiger partial charge in [-0.2, -0.15) is 0 Å². The van der Waals surface area contributed by atoms with E-state index in [0.717, 1.165) is 5.33 Å². The van der Waals surface area contributed by atoms with Gasteiger partial charge in [0.25, 0.3) is 0 Å². The molecule has 2 aliphatic rings. The average molecular weight is 297 g/mol. The van der Waals surface area contributed by atoms with Gasteiger partial charge in [0.05, 0.1) is 12.0 Å². The highest BCUT2D eigenvalue weighted by Gasteiger charge is 2.34. The Bertz CT molecular complexity index is 391. The molecule has 0 radical (unpaired) electrons. The summed E-state index contributed by atoms with van der Waals surface area (Å²) in [5.74, 6) is 0. The zero-order chi connectivity index (χ0) is 11.7. The van der Waals surface area contributed by atoms with Crippen LogP contribution in [-0.4, -0.2) is 14.9 Å². The van der Waals surface area contributed by atoms with Crippen molar-refractivity contribution in [2.45, 2.75) is 57.9 Å². The Kier molecular flexibility index (Phi) is 3.29. The lowest BCUT2D eigenvalue weighted by molar-refractivity contribution is 0.287. The van der Waals surface area contributed by atoms with Crippen molar-refractivity contribution in [1.82, 2.24) is 9.55 Å². The number of hydrogen-bond acceptors (Lipinski definition) is 1. The molecule has 0 aromatic carbocycles. The first-order valence-corrected chi connectivity index (χ1v) is 8.04. The molecular weight excluding hydrogens is 276 g/mol. The van der Waals surface area contributed by atoms with Gasteiger partial charge in [-0.05, 0) is 43.9 Å². The van der Waals surface area contributed by atoms with Gasteiger partial charge in [-0.25, -0.2) is 4.98 Å². The second kappa shape index (κ2) is 4.75. The van der Waals surface area contributed by atoms with E-state index >= 15 is 0 Å². The molecule has 0 amide bonds. The Morgan fingerprint density at radius 3 is 2.71 bits per heavy atom. The summed E-state index contributed by atoms with van der Waals surface area (Å²) in [6.45, 7) is 1.18. The molecule has 0 unspecified atom stereocenters. The van der Waals surface area contributed by atoms with Gasteiger partial charge in [0, 0.05) is 17.6 Å². The van der Waals surface area contributed by atoms with E-state index in [1.54, 1.807) is 0 Å². The van der Waals surface area contributed by atoms with Crippen molar-refractivity contribution in [3.8, 4) is 0 Å². The van der Waals surface area contributed by atoms with Gasteiger partial charge in [-0.3, -0.25) is 0 Å². The lowest BCUT2D eigenvalue weighted by atomic mass is 9.88. The van der Waals surface area contributed by atoms with Gasteiger partial charge < -0.3 is 4.57 Å². The van der Waals surface area contributed by atoms with Crippen LogP contribution in [0.1, 0.15) is 49.9 Å². The fraction of sp³-hybridized carbons (Fsp3) is 0.786. The standard InChI is InChI=1S/C14H21BrN2/c15-9-14(7-3-4-8-14)10-17-11-16-12-5-1-2-6-13(12)17/h11H,1-10H2. The van der Waals surface area contributed by atoms with Gasteiger partial charge in [0.2, 0.25) is 0 Å². The predicted molar refractivity (Wildman–Crippen MR) is 73.6 cm³/mol. The Hall–Kier alpha value is -0.310. The summed E-state index contributed by atoms with van der Waals surface area (Å²) in [6, 6.07) is 0. The van der Waals surface area contributed by atoms with Gasteiger partial charge in [-0.15, -0.1) is 0 Å². The lowest BCUT2D eigenvalue weighted by Crippen LogP contribution is -2.26. The summed E-state index contributed by atoms with van der Waals surface area (Å²) >= 11 is 3.74. The number of hydrogen-bond donors (Lipinski definition) is 0. The zero-order valence-corrected chi connectivity index (χ0v) is 12.0. The van der Waals surface area contributed by atoms with Crippen molar-refractivity contribution in [3.05, 3.63) is 17.7 Å². The minimum Gasteiger partial charge on any atom is -0.334 e. The molecule has 1 fully saturated rings. The number of aromatic nitrogens is 2. The molecule has 94 valence electrons. The summed E-state index contributed by atoms with van der Waals surface area (Å²) in [7, 11) is 0. The highest BCUT2D eigenvalue weighted by molar-refractivity contribution is 9.09. The first-order valence-electron chi connectivity index (χ1n) is 6.92. The van der Waals surface area contributed by atoms with Gasteiger partial charge in [-0.1, -0.05) is 28.8 Å². The number of halogens is 1. The van der Waals surface area contributed by atoms with Crippen LogP contribution in [0.15, 0.2) is 6.33 Å². The largest absolute Gasteiger partial charge is 0.334 e. The van der Waals surface area contributed by atoms with Crippen LogP contribution in [0.2, 0.25) is 0 Å². The maximum Gasteiger partial charge on any atom is 0.0951 e. The highest BCUT2D eigenvalue weighted by Crippen LogP contribution is 2.41. The van der Waals surface area contributed by atoms with E-state index in [1.165, 1.54) is 69.3 Å². The minimum absolute atomic E-state index is 0.506. The third kappa shape index (κ3) is 2.18. The molecule has 0 atom stereocenters. The van der Waals surface area contributed by atoms with E-state index in [9.17, 15) is 0 Å². The number of aryl methyl sites for hydroxylation is 1. The molecule has 3 rings (SSSR count). The number of imidazole rings is 1. The number of nitrogens with zero attached hydrogens (tertiary/aromatic N) is 2. The average Bonchev–Trinajstić information content (AvgIpc) is 2.99. The van der Waals surface area contributed by atoms with Gasteiger partial charge in [0.15, 0.2) is 0 Å². The molecular formula is C14H21BrN2. The van der Waals surface area contributed by atoms with Crippen LogP contribution < -0.4 is 0 Å². The quantitative estimate of drug-likeness (QED) is 0.778. The molecule has 17 heavy (non-hydrogen) atoms. The third-order valence-electron chi connectivity index (χ3n) is 4.56. The summed E-state index contributed by atoms with van der Waals surface area (Å²) < 4.78 is 2.46. The van der Waals surface area contributed by atoms with Gasteiger partial charge in [0.1, 0.15) is 0 Å². The first-order chi connectivity index (χ1) is 8.33. The summed E-state index contributed by atoms with van der Waals surface area (Å²) in [5, 5.41) is 1.15. The molecule has 1 aromatic rings. The molecule has 0 aliphatic heterocycles. The molecule has 1 aromatic heterocycles. The molecule has 2 aliphatic carbocycles. The van der Waals surface area contributed by atoms with Crippen LogP contribution in [0, 0.1) is 5.41 Å². The fourth-order valence-electron chi connectivity index (χ4n) is 3.49. The maximum atomic E-state index is 4.61. The molecule has 0 N–H and O–H groups in total. The van der Waals surface area contributed by atoms with Crippen LogP contribution >= 0.6 is 15.9 Å². The summed E-state index contributed by atoms with van der Waals surface area (Å²) in [4.78, 5) is 4.61. The van der Waals surface area contributed by atoms with E-state index in [2.05, 4.69) is 31.8 Å². The van der Waals surface area contributed by atoms with Crippen molar-refractivity contribution >= 4 is 15.9 Å². The molecule has 0 bridgehead atoms. The van der Waals surface area contributed by atoms with Crippen molar-refractivity contribution in [1.29, 1.82) is 0 Å². The number of alkyl halides is 1. The normalized spacial score (nSPS) is 22.6. The Morgan fingerprint density at radius 1 is 1.18 bits per heavy atom. The monoisotopic (exact) mass is 296 g/mol. The summed E-state index contributed by atoms with van der Waals surface area (Å²) in [5.41, 5.74) is 3.41. The molecule has 1 saturated carbocycles. The second-order valence-corrected chi connectivity index (χ2v) is 6.37. The van der Waals surface area contributed by atoms with Crippen molar-refractivity contribution in [2.75, 3.05) is 5.33 Å². The Morgan fingerprint density at radius 2 is 1.94 bits per heavy atom. The van der Waals surface area contributed by atoms with Crippen LogP contribution in [0.5, 0.6) is 0 Å². The van der Waals surface area contributed by atoms with Crippen molar-refractivity contribution in [3.63, 3.8) is 0 Å². The third-order valence-corrected chi connectivity index (χ3v) is 5.75. The topological polar surface area (TPSA) is 17.8 Å². The van der Waals surface area contributed by atoms with Crippen LogP contribution in [-0.2, 0) is 19.4 Å². The summed E-state index contributed by atoms with van der Waals surface area (Å²) in [6.07, 6.45) is 12.8. The van der Waals surface area contributed by atoms with E-state index in [-0.39, 0.29) is 0 Å². The molecule has 0 saturated heterocycles. The molecule has 2 nitrogen and oxygen atoms in total. The van der Waals surface area contributed by atoms with Crippen LogP contribution in [0.25, 0.3) is 0 Å². The molecule has 1 heterocycles. The predicted octanol–water partition coefficient (Wildman–Crippen LogP) is 3.72. The number of rotatable bonds is 3. The van der Waals surface area contributed by atoms with E-state index in [1.807, 2.05) is 0 Å². The lowest BCUT2D eigenvalue weighted by Gasteiger charge is -2.28. The van der Waals surface area contributed by atoms with E-state index in [4.69, 9.17) is 0 Å². The minimum atomic E-state index is 0.506.